The van der Waals surface area contributed by atoms with E-state index in [9.17, 15) is 4.79 Å². The summed E-state index contributed by atoms with van der Waals surface area (Å²) in [6, 6.07) is 4.04. The number of nitrogens with one attached hydrogen (secondary N) is 1. The Morgan fingerprint density at radius 1 is 1.29 bits per heavy atom. The van der Waals surface area contributed by atoms with Crippen LogP contribution in [-0.2, 0) is 4.74 Å². The van der Waals surface area contributed by atoms with E-state index in [-0.39, 0.29) is 11.6 Å². The lowest BCUT2D eigenvalue weighted by Gasteiger charge is -2.42. The van der Waals surface area contributed by atoms with Crippen molar-refractivity contribution in [2.45, 2.75) is 59.6 Å². The fraction of sp³-hybridized carbons (Fsp3) is 0.588. The number of fused-ring (bicyclic) bond motifs is 1. The summed E-state index contributed by atoms with van der Waals surface area (Å²) in [6.45, 7) is 14.6. The standard InChI is InChI=1S/C17H26N2O2/c1-11-8-9-13-14(12(11)2)18-17(6,7)10-19(13)15(20)21-16(3,4)5/h8-9,18H,10H2,1-7H3. The van der Waals surface area contributed by atoms with Gasteiger partial charge in [0.2, 0.25) is 0 Å². The van der Waals surface area contributed by atoms with Gasteiger partial charge in [-0.25, -0.2) is 4.79 Å². The number of hydrogen-bond acceptors (Lipinski definition) is 3. The van der Waals surface area contributed by atoms with Crippen molar-refractivity contribution in [1.29, 1.82) is 0 Å². The van der Waals surface area contributed by atoms with E-state index < -0.39 is 5.60 Å². The highest BCUT2D eigenvalue weighted by Gasteiger charge is 2.35. The third-order valence-electron chi connectivity index (χ3n) is 3.64. The number of benzene rings is 1. The monoisotopic (exact) mass is 290 g/mol. The van der Waals surface area contributed by atoms with Crippen molar-refractivity contribution in [3.8, 4) is 0 Å². The van der Waals surface area contributed by atoms with Gasteiger partial charge in [-0.2, -0.15) is 0 Å². The second-order valence-electron chi connectivity index (χ2n) is 7.48. The van der Waals surface area contributed by atoms with E-state index in [0.717, 1.165) is 11.4 Å². The molecule has 1 aliphatic heterocycles. The van der Waals surface area contributed by atoms with Crippen LogP contribution in [-0.4, -0.2) is 23.8 Å². The number of rotatable bonds is 0. The third-order valence-corrected chi connectivity index (χ3v) is 3.64. The molecule has 0 aromatic heterocycles. The number of carbonyl (C=O) groups excluding carboxylic acids is 1. The van der Waals surface area contributed by atoms with Crippen LogP contribution in [0.2, 0.25) is 0 Å². The van der Waals surface area contributed by atoms with Gasteiger partial charge in [0, 0.05) is 5.54 Å². The van der Waals surface area contributed by atoms with Gasteiger partial charge in [-0.1, -0.05) is 6.07 Å². The van der Waals surface area contributed by atoms with Crippen molar-refractivity contribution in [2.75, 3.05) is 16.8 Å². The predicted octanol–water partition coefficient (Wildman–Crippen LogP) is 4.25. The molecule has 0 spiro atoms. The van der Waals surface area contributed by atoms with Gasteiger partial charge < -0.3 is 10.1 Å². The SMILES string of the molecule is Cc1ccc2c(c1C)NC(C)(C)CN2C(=O)OC(C)(C)C. The zero-order chi connectivity index (χ0) is 16.0. The minimum Gasteiger partial charge on any atom is -0.443 e. The first-order valence-corrected chi connectivity index (χ1v) is 7.39. The molecule has 21 heavy (non-hydrogen) atoms. The van der Waals surface area contributed by atoms with Gasteiger partial charge in [-0.3, -0.25) is 4.90 Å². The van der Waals surface area contributed by atoms with Crippen molar-refractivity contribution in [1.82, 2.24) is 0 Å². The molecular weight excluding hydrogens is 264 g/mol. The fourth-order valence-corrected chi connectivity index (χ4v) is 2.52. The Bertz CT molecular complexity index is 571. The Hall–Kier alpha value is -1.71. The molecule has 0 bridgehead atoms. The molecule has 1 aromatic carbocycles. The highest BCUT2D eigenvalue weighted by atomic mass is 16.6. The van der Waals surface area contributed by atoms with Gasteiger partial charge in [0.1, 0.15) is 5.60 Å². The van der Waals surface area contributed by atoms with E-state index in [0.29, 0.717) is 6.54 Å². The topological polar surface area (TPSA) is 41.6 Å². The van der Waals surface area contributed by atoms with Crippen LogP contribution in [0.4, 0.5) is 16.2 Å². The summed E-state index contributed by atoms with van der Waals surface area (Å²) in [6.07, 6.45) is -0.290. The van der Waals surface area contributed by atoms with Crippen molar-refractivity contribution in [2.24, 2.45) is 0 Å². The van der Waals surface area contributed by atoms with Crippen LogP contribution in [0.5, 0.6) is 0 Å². The quantitative estimate of drug-likeness (QED) is 0.776. The summed E-state index contributed by atoms with van der Waals surface area (Å²) in [5.74, 6) is 0. The number of nitrogens with zero attached hydrogens (tertiary/aromatic N) is 1. The molecule has 1 amide bonds. The molecule has 1 N–H and O–H groups in total. The van der Waals surface area contributed by atoms with Crippen LogP contribution in [0.25, 0.3) is 0 Å². The van der Waals surface area contributed by atoms with E-state index in [2.05, 4.69) is 33.0 Å². The lowest BCUT2D eigenvalue weighted by molar-refractivity contribution is 0.0573. The summed E-state index contributed by atoms with van der Waals surface area (Å²) < 4.78 is 5.56. The highest BCUT2D eigenvalue weighted by molar-refractivity contribution is 5.95. The third kappa shape index (κ3) is 3.31. The molecule has 0 fully saturated rings. The molecule has 4 heteroatoms. The number of anilines is 2. The van der Waals surface area contributed by atoms with Crippen molar-refractivity contribution >= 4 is 17.5 Å². The molecule has 0 radical (unpaired) electrons. The van der Waals surface area contributed by atoms with E-state index in [1.54, 1.807) is 4.90 Å². The van der Waals surface area contributed by atoms with E-state index in [1.807, 2.05) is 32.9 Å². The highest BCUT2D eigenvalue weighted by Crippen LogP contribution is 2.38. The van der Waals surface area contributed by atoms with Crippen molar-refractivity contribution in [3.63, 3.8) is 0 Å². The number of ether oxygens (including phenoxy) is 1. The molecule has 0 saturated carbocycles. The first kappa shape index (κ1) is 15.7. The van der Waals surface area contributed by atoms with E-state index in [1.165, 1.54) is 11.1 Å². The van der Waals surface area contributed by atoms with E-state index >= 15 is 0 Å². The Labute approximate surface area is 127 Å². The predicted molar refractivity (Wildman–Crippen MR) is 87.2 cm³/mol. The summed E-state index contributed by atoms with van der Waals surface area (Å²) >= 11 is 0. The zero-order valence-electron chi connectivity index (χ0n) is 14.1. The molecule has 0 atom stereocenters. The minimum atomic E-state index is -0.494. The van der Waals surface area contributed by atoms with Gasteiger partial charge in [-0.15, -0.1) is 0 Å². The van der Waals surface area contributed by atoms with Gasteiger partial charge in [-0.05, 0) is 65.7 Å². The Morgan fingerprint density at radius 3 is 2.48 bits per heavy atom. The van der Waals surface area contributed by atoms with Crippen LogP contribution in [0, 0.1) is 13.8 Å². The maximum Gasteiger partial charge on any atom is 0.414 e. The van der Waals surface area contributed by atoms with Gasteiger partial charge >= 0.3 is 6.09 Å². The molecule has 0 aliphatic carbocycles. The van der Waals surface area contributed by atoms with Gasteiger partial charge in [0.15, 0.2) is 0 Å². The second-order valence-corrected chi connectivity index (χ2v) is 7.48. The minimum absolute atomic E-state index is 0.192. The average Bonchev–Trinajstić information content (AvgIpc) is 2.30. The average molecular weight is 290 g/mol. The fourth-order valence-electron chi connectivity index (χ4n) is 2.52. The molecule has 1 aliphatic rings. The number of amides is 1. The summed E-state index contributed by atoms with van der Waals surface area (Å²) in [7, 11) is 0. The number of hydrogen-bond donors (Lipinski definition) is 1. The largest absolute Gasteiger partial charge is 0.443 e. The Balaban J connectivity index is 2.45. The van der Waals surface area contributed by atoms with Crippen LogP contribution in [0.1, 0.15) is 45.7 Å². The lowest BCUT2D eigenvalue weighted by atomic mass is 9.96. The summed E-state index contributed by atoms with van der Waals surface area (Å²) in [4.78, 5) is 14.3. The smallest absolute Gasteiger partial charge is 0.414 e. The van der Waals surface area contributed by atoms with Gasteiger partial charge in [0.25, 0.3) is 0 Å². The maximum absolute atomic E-state index is 12.5. The normalized spacial score (nSPS) is 17.0. The summed E-state index contributed by atoms with van der Waals surface area (Å²) in [5.41, 5.74) is 3.62. The van der Waals surface area contributed by atoms with Crippen LogP contribution in [0.3, 0.4) is 0 Å². The number of carbonyl (C=O) groups is 1. The second kappa shape index (κ2) is 4.93. The van der Waals surface area contributed by atoms with Crippen LogP contribution in [0.15, 0.2) is 12.1 Å². The maximum atomic E-state index is 12.5. The molecule has 116 valence electrons. The molecule has 0 unspecified atom stereocenters. The Morgan fingerprint density at radius 2 is 1.90 bits per heavy atom. The molecule has 1 aromatic rings. The zero-order valence-corrected chi connectivity index (χ0v) is 14.1. The molecular formula is C17H26N2O2. The molecule has 2 rings (SSSR count). The van der Waals surface area contributed by atoms with Crippen molar-refractivity contribution in [3.05, 3.63) is 23.3 Å². The van der Waals surface area contributed by atoms with Crippen LogP contribution >= 0.6 is 0 Å². The molecule has 4 nitrogen and oxygen atoms in total. The first-order chi connectivity index (χ1) is 9.50. The number of aryl methyl sites for hydroxylation is 1. The molecule has 1 heterocycles. The Kier molecular flexibility index (Phi) is 3.68. The van der Waals surface area contributed by atoms with E-state index in [4.69, 9.17) is 4.74 Å². The first-order valence-electron chi connectivity index (χ1n) is 7.39. The van der Waals surface area contributed by atoms with Gasteiger partial charge in [0.05, 0.1) is 17.9 Å². The summed E-state index contributed by atoms with van der Waals surface area (Å²) in [5, 5.41) is 3.54. The van der Waals surface area contributed by atoms with Crippen molar-refractivity contribution < 1.29 is 9.53 Å². The molecule has 0 saturated heterocycles. The lowest BCUT2D eigenvalue weighted by Crippen LogP contribution is -2.52. The van der Waals surface area contributed by atoms with Crippen LogP contribution < -0.4 is 10.2 Å².